The number of nitrogens with zero attached hydrogens (tertiary/aromatic N) is 2. The highest BCUT2D eigenvalue weighted by Gasteiger charge is 2.40. The lowest BCUT2D eigenvalue weighted by Gasteiger charge is -2.31. The molecule has 1 atom stereocenters. The van der Waals surface area contributed by atoms with Crippen LogP contribution in [0.25, 0.3) is 22.3 Å². The molecule has 5 aromatic carbocycles. The summed E-state index contributed by atoms with van der Waals surface area (Å²) in [5.41, 5.74) is -2.59. The van der Waals surface area contributed by atoms with Gasteiger partial charge in [0.1, 0.15) is 16.8 Å². The second-order valence-electron chi connectivity index (χ2n) is 13.2. The molecule has 22 nitrogen and oxygen atoms in total. The van der Waals surface area contributed by atoms with Gasteiger partial charge < -0.3 is 102 Å². The molecule has 1 unspecified atom stereocenters. The predicted molar refractivity (Wildman–Crippen MR) is 220 cm³/mol. The standard InChI is InChI=1S/C40H34N3O19P/c1-2-3-9-15(41)63(62,16-10-4-5-11-42-16)14-8-6-7-13(12-14)43(21-31(52)23(44)17(24(45)32(21)53)19-27(48)35(56)39(60)36(57)28(19)49)22-33(54)25(46)18(26(47)34(22)55)20-29(50)37(58)40(61)38(59)30(20)51/h2-12,44-61H,41H2,1H3/b3-2-,15-9+. The average Bonchev–Trinajstić information content (AvgIpc) is 3.28. The summed E-state index contributed by atoms with van der Waals surface area (Å²) in [6.45, 7) is 1.63. The van der Waals surface area contributed by atoms with Gasteiger partial charge in [0.15, 0.2) is 69.0 Å². The van der Waals surface area contributed by atoms with E-state index in [0.717, 1.165) is 18.2 Å². The Morgan fingerprint density at radius 1 is 0.508 bits per heavy atom. The first-order valence-electron chi connectivity index (χ1n) is 17.5. The van der Waals surface area contributed by atoms with Gasteiger partial charge in [-0.1, -0.05) is 30.4 Å². The van der Waals surface area contributed by atoms with Gasteiger partial charge in [-0.2, -0.15) is 0 Å². The Morgan fingerprint density at radius 2 is 0.873 bits per heavy atom. The summed E-state index contributed by atoms with van der Waals surface area (Å²) in [7, 11) is -4.27. The minimum Gasteiger partial charge on any atom is -0.504 e. The largest absolute Gasteiger partial charge is 0.504 e. The van der Waals surface area contributed by atoms with Gasteiger partial charge in [0.25, 0.3) is 0 Å². The van der Waals surface area contributed by atoms with Crippen molar-refractivity contribution in [3.8, 4) is 126 Å². The Bertz CT molecular complexity index is 2760. The van der Waals surface area contributed by atoms with Gasteiger partial charge in [-0.3, -0.25) is 9.88 Å². The number of aromatic nitrogens is 1. The normalized spacial score (nSPS) is 12.7. The van der Waals surface area contributed by atoms with Crippen LogP contribution in [0.5, 0.6) is 103 Å². The van der Waals surface area contributed by atoms with Gasteiger partial charge in [0.2, 0.25) is 41.6 Å². The lowest BCUT2D eigenvalue weighted by atomic mass is 9.95. The monoisotopic (exact) mass is 891 g/mol. The fourth-order valence-electron chi connectivity index (χ4n) is 6.56. The Balaban J connectivity index is 1.78. The van der Waals surface area contributed by atoms with Crippen LogP contribution in [0.15, 0.2) is 72.3 Å². The number of rotatable bonds is 9. The summed E-state index contributed by atoms with van der Waals surface area (Å²) < 4.78 is 15.2. The maximum absolute atomic E-state index is 15.2. The Morgan fingerprint density at radius 3 is 1.22 bits per heavy atom. The van der Waals surface area contributed by atoms with E-state index in [-0.39, 0.29) is 16.2 Å². The molecule has 6 rings (SSSR count). The third-order valence-electron chi connectivity index (χ3n) is 9.68. The lowest BCUT2D eigenvalue weighted by Crippen LogP contribution is -2.24. The number of pyridine rings is 1. The molecular formula is C40H34N3O19P. The first kappa shape index (κ1) is 43.5. The van der Waals surface area contributed by atoms with Crippen LogP contribution in [0.4, 0.5) is 17.1 Å². The van der Waals surface area contributed by atoms with Gasteiger partial charge in [-0.15, -0.1) is 0 Å². The van der Waals surface area contributed by atoms with E-state index < -0.39 is 150 Å². The van der Waals surface area contributed by atoms with Crippen molar-refractivity contribution in [2.45, 2.75) is 6.92 Å². The number of allylic oxidation sites excluding steroid dienone is 3. The van der Waals surface area contributed by atoms with Gasteiger partial charge in [-0.05, 0) is 37.3 Å². The van der Waals surface area contributed by atoms with Crippen molar-refractivity contribution >= 4 is 34.9 Å². The van der Waals surface area contributed by atoms with Crippen LogP contribution in [0.1, 0.15) is 6.92 Å². The zero-order chi connectivity index (χ0) is 46.7. The van der Waals surface area contributed by atoms with Crippen LogP contribution in [-0.2, 0) is 4.57 Å². The average molecular weight is 892 g/mol. The van der Waals surface area contributed by atoms with E-state index in [1.54, 1.807) is 13.0 Å². The van der Waals surface area contributed by atoms with E-state index in [9.17, 15) is 91.9 Å². The zero-order valence-corrected chi connectivity index (χ0v) is 32.6. The minimum absolute atomic E-state index is 0.109. The number of benzene rings is 5. The molecule has 20 N–H and O–H groups in total. The van der Waals surface area contributed by atoms with Crippen LogP contribution in [-0.4, -0.2) is 96.9 Å². The molecule has 0 amide bonds. The van der Waals surface area contributed by atoms with Gasteiger partial charge in [0, 0.05) is 17.2 Å². The summed E-state index contributed by atoms with van der Waals surface area (Å²) in [5, 5.41) is 195. The molecule has 23 heteroatoms. The van der Waals surface area contributed by atoms with Crippen molar-refractivity contribution in [3.05, 3.63) is 72.3 Å². The quantitative estimate of drug-likeness (QED) is 0.0417. The van der Waals surface area contributed by atoms with Crippen LogP contribution >= 0.6 is 7.14 Å². The number of anilines is 3. The topological polar surface area (TPSA) is 423 Å². The number of aromatic hydroxyl groups is 18. The molecule has 1 aromatic heterocycles. The number of phenolic OH excluding ortho intramolecular Hbond substituents is 18. The van der Waals surface area contributed by atoms with Crippen molar-refractivity contribution in [2.24, 2.45) is 5.73 Å². The molecule has 0 fully saturated rings. The van der Waals surface area contributed by atoms with E-state index in [4.69, 9.17) is 5.73 Å². The summed E-state index contributed by atoms with van der Waals surface area (Å²) >= 11 is 0. The van der Waals surface area contributed by atoms with Crippen molar-refractivity contribution in [3.63, 3.8) is 0 Å². The summed E-state index contributed by atoms with van der Waals surface area (Å²) in [6.07, 6.45) is 5.57. The lowest BCUT2D eigenvalue weighted by molar-refractivity contribution is 0.329. The fraction of sp³-hybridized carbons (Fsp3) is 0.0250. The first-order chi connectivity index (χ1) is 29.6. The Hall–Kier alpha value is -9.04. The second kappa shape index (κ2) is 15.5. The molecule has 0 aliphatic heterocycles. The molecule has 6 aromatic rings. The molecule has 0 saturated carbocycles. The molecule has 0 saturated heterocycles. The van der Waals surface area contributed by atoms with E-state index in [2.05, 4.69) is 4.98 Å². The molecule has 0 aliphatic rings. The maximum atomic E-state index is 15.2. The second-order valence-corrected chi connectivity index (χ2v) is 16.0. The maximum Gasteiger partial charge on any atom is 0.208 e. The van der Waals surface area contributed by atoms with Gasteiger partial charge in [-0.25, -0.2) is 0 Å². The Kier molecular flexibility index (Phi) is 10.7. The summed E-state index contributed by atoms with van der Waals surface area (Å²) in [6, 6.07) is 8.78. The SMILES string of the molecule is C/C=C\C=C(/N)P(=O)(c1cccc(N(c2c(O)c(O)c(-c3c(O)c(O)c(O)c(O)c3O)c(O)c2O)c2c(O)c(O)c(-c3c(O)c(O)c(O)c(O)c3O)c(O)c2O)c1)c1ccccn1. The van der Waals surface area contributed by atoms with Crippen LogP contribution in [0, 0.1) is 0 Å². The zero-order valence-electron chi connectivity index (χ0n) is 31.7. The molecule has 0 aliphatic carbocycles. The predicted octanol–water partition coefficient (Wildman–Crippen LogP) is 4.28. The van der Waals surface area contributed by atoms with Crippen LogP contribution in [0.3, 0.4) is 0 Å². The molecule has 0 bridgehead atoms. The smallest absolute Gasteiger partial charge is 0.208 e. The number of hydrogen-bond acceptors (Lipinski definition) is 22. The number of hydrogen-bond donors (Lipinski definition) is 19. The van der Waals surface area contributed by atoms with E-state index in [0.29, 0.717) is 4.90 Å². The van der Waals surface area contributed by atoms with Gasteiger partial charge in [0.05, 0.1) is 27.7 Å². The molecule has 1 heterocycles. The van der Waals surface area contributed by atoms with E-state index in [1.807, 2.05) is 0 Å². The van der Waals surface area contributed by atoms with Crippen LogP contribution in [0.2, 0.25) is 0 Å². The van der Waals surface area contributed by atoms with Crippen molar-refractivity contribution in [2.75, 3.05) is 4.90 Å². The fourth-order valence-corrected chi connectivity index (χ4v) is 8.82. The molecule has 0 spiro atoms. The highest BCUT2D eigenvalue weighted by molar-refractivity contribution is 7.82. The molecule has 63 heavy (non-hydrogen) atoms. The van der Waals surface area contributed by atoms with Crippen molar-refractivity contribution in [1.29, 1.82) is 0 Å². The highest BCUT2D eigenvalue weighted by Crippen LogP contribution is 2.68. The Labute approximate surface area is 351 Å². The number of phenols is 18. The third-order valence-corrected chi connectivity index (χ3v) is 12.5. The molecular weight excluding hydrogens is 857 g/mol. The number of nitrogens with two attached hydrogens (primary N) is 1. The van der Waals surface area contributed by atoms with E-state index >= 15 is 4.57 Å². The minimum atomic E-state index is -4.27. The van der Waals surface area contributed by atoms with E-state index in [1.165, 1.54) is 42.6 Å². The van der Waals surface area contributed by atoms with Gasteiger partial charge >= 0.3 is 0 Å². The molecule has 0 radical (unpaired) electrons. The van der Waals surface area contributed by atoms with Crippen molar-refractivity contribution < 1.29 is 96.5 Å². The molecule has 328 valence electrons. The van der Waals surface area contributed by atoms with Crippen LogP contribution < -0.4 is 21.4 Å². The summed E-state index contributed by atoms with van der Waals surface area (Å²) in [5.74, 6) is -28.5. The van der Waals surface area contributed by atoms with Crippen molar-refractivity contribution in [1.82, 2.24) is 4.98 Å². The highest BCUT2D eigenvalue weighted by atomic mass is 31.2. The first-order valence-corrected chi connectivity index (χ1v) is 19.2. The third kappa shape index (κ3) is 6.37. The summed E-state index contributed by atoms with van der Waals surface area (Å²) in [4.78, 5) is 4.50.